The summed E-state index contributed by atoms with van der Waals surface area (Å²) in [5.74, 6) is 0.995. The van der Waals surface area contributed by atoms with Crippen molar-refractivity contribution in [1.82, 2.24) is 0 Å². The maximum Gasteiger partial charge on any atom is 0.296 e. The molecule has 0 aliphatic rings. The number of anilines is 1. The molecule has 0 saturated carbocycles. The molecule has 0 radical (unpaired) electrons. The van der Waals surface area contributed by atoms with Crippen LogP contribution in [0.1, 0.15) is 33.6 Å². The molecule has 0 aliphatic heterocycles. The standard InChI is InChI=1S/C14H22N2O3/c1-5-11(6-2)10(3)15-13-8-7-12(19-4)9-14(13)16(17)18/h7-11,15H,5-6H2,1-4H3. The summed E-state index contributed by atoms with van der Waals surface area (Å²) < 4.78 is 5.02. The number of nitrogens with one attached hydrogen (secondary N) is 1. The van der Waals surface area contributed by atoms with Gasteiger partial charge in [0.05, 0.1) is 18.1 Å². The molecule has 1 aromatic rings. The first kappa shape index (κ1) is 15.3. The van der Waals surface area contributed by atoms with E-state index in [9.17, 15) is 10.1 Å². The lowest BCUT2D eigenvalue weighted by Gasteiger charge is -2.23. The van der Waals surface area contributed by atoms with Crippen LogP contribution in [-0.2, 0) is 0 Å². The van der Waals surface area contributed by atoms with E-state index in [4.69, 9.17) is 4.74 Å². The molecular weight excluding hydrogens is 244 g/mol. The first-order chi connectivity index (χ1) is 9.03. The Morgan fingerprint density at radius 2 is 2.00 bits per heavy atom. The highest BCUT2D eigenvalue weighted by molar-refractivity contribution is 5.64. The van der Waals surface area contributed by atoms with Gasteiger partial charge in [-0.15, -0.1) is 0 Å². The molecule has 0 spiro atoms. The van der Waals surface area contributed by atoms with Crippen molar-refractivity contribution in [3.8, 4) is 5.75 Å². The molecule has 106 valence electrons. The zero-order valence-electron chi connectivity index (χ0n) is 12.0. The number of rotatable bonds is 7. The van der Waals surface area contributed by atoms with E-state index in [1.54, 1.807) is 12.1 Å². The zero-order chi connectivity index (χ0) is 14.4. The lowest BCUT2D eigenvalue weighted by molar-refractivity contribution is -0.384. The van der Waals surface area contributed by atoms with Crippen molar-refractivity contribution < 1.29 is 9.66 Å². The second-order valence-corrected chi connectivity index (χ2v) is 4.65. The molecule has 0 saturated heterocycles. The van der Waals surface area contributed by atoms with E-state index in [1.165, 1.54) is 13.2 Å². The van der Waals surface area contributed by atoms with Crippen LogP contribution < -0.4 is 10.1 Å². The molecule has 1 N–H and O–H groups in total. The van der Waals surface area contributed by atoms with Crippen molar-refractivity contribution in [2.75, 3.05) is 12.4 Å². The van der Waals surface area contributed by atoms with Crippen molar-refractivity contribution in [2.24, 2.45) is 5.92 Å². The van der Waals surface area contributed by atoms with E-state index >= 15 is 0 Å². The fourth-order valence-electron chi connectivity index (χ4n) is 2.27. The summed E-state index contributed by atoms with van der Waals surface area (Å²) in [5, 5.41) is 14.3. The molecule has 0 heterocycles. The van der Waals surface area contributed by atoms with Gasteiger partial charge in [-0.2, -0.15) is 0 Å². The van der Waals surface area contributed by atoms with E-state index in [0.29, 0.717) is 17.4 Å². The lowest BCUT2D eigenvalue weighted by atomic mass is 9.95. The van der Waals surface area contributed by atoms with Gasteiger partial charge in [-0.25, -0.2) is 0 Å². The minimum Gasteiger partial charge on any atom is -0.496 e. The van der Waals surface area contributed by atoms with Crippen LogP contribution in [0, 0.1) is 16.0 Å². The molecule has 1 atom stereocenters. The molecule has 0 fully saturated rings. The van der Waals surface area contributed by atoms with Crippen LogP contribution in [0.25, 0.3) is 0 Å². The van der Waals surface area contributed by atoms with Crippen molar-refractivity contribution in [2.45, 2.75) is 39.7 Å². The Hall–Kier alpha value is -1.78. The number of nitro benzene ring substituents is 1. The monoisotopic (exact) mass is 266 g/mol. The summed E-state index contributed by atoms with van der Waals surface area (Å²) in [6.45, 7) is 6.33. The number of hydrogen-bond acceptors (Lipinski definition) is 4. The van der Waals surface area contributed by atoms with Gasteiger partial charge >= 0.3 is 0 Å². The van der Waals surface area contributed by atoms with Gasteiger partial charge < -0.3 is 10.1 Å². The molecule has 1 unspecified atom stereocenters. The average molecular weight is 266 g/mol. The van der Waals surface area contributed by atoms with Gasteiger partial charge in [0.25, 0.3) is 5.69 Å². The van der Waals surface area contributed by atoms with Crippen LogP contribution >= 0.6 is 0 Å². The molecule has 0 aliphatic carbocycles. The van der Waals surface area contributed by atoms with Crippen LogP contribution in [0.2, 0.25) is 0 Å². The minimum atomic E-state index is -0.384. The second-order valence-electron chi connectivity index (χ2n) is 4.65. The molecule has 1 aromatic carbocycles. The highest BCUT2D eigenvalue weighted by atomic mass is 16.6. The molecule has 0 amide bonds. The van der Waals surface area contributed by atoms with E-state index in [-0.39, 0.29) is 16.7 Å². The quantitative estimate of drug-likeness (QED) is 0.601. The summed E-state index contributed by atoms with van der Waals surface area (Å²) in [6.07, 6.45) is 2.10. The van der Waals surface area contributed by atoms with Crippen LogP contribution in [0.4, 0.5) is 11.4 Å². The van der Waals surface area contributed by atoms with Gasteiger partial charge in [0.2, 0.25) is 0 Å². The maximum absolute atomic E-state index is 11.1. The maximum atomic E-state index is 11.1. The van der Waals surface area contributed by atoms with Gasteiger partial charge in [-0.05, 0) is 25.0 Å². The number of methoxy groups -OCH3 is 1. The predicted molar refractivity (Wildman–Crippen MR) is 76.8 cm³/mol. The molecule has 19 heavy (non-hydrogen) atoms. The summed E-state index contributed by atoms with van der Waals surface area (Å²) in [5.41, 5.74) is 0.599. The van der Waals surface area contributed by atoms with Crippen molar-refractivity contribution >= 4 is 11.4 Å². The van der Waals surface area contributed by atoms with Gasteiger partial charge in [0.1, 0.15) is 11.4 Å². The SMILES string of the molecule is CCC(CC)C(C)Nc1ccc(OC)cc1[N+](=O)[O-]. The van der Waals surface area contributed by atoms with Gasteiger partial charge in [0, 0.05) is 6.04 Å². The predicted octanol–water partition coefficient (Wildman–Crippen LogP) is 3.84. The molecule has 0 bridgehead atoms. The summed E-state index contributed by atoms with van der Waals surface area (Å²) in [4.78, 5) is 10.7. The third kappa shape index (κ3) is 3.84. The lowest BCUT2D eigenvalue weighted by Crippen LogP contribution is -2.25. The van der Waals surface area contributed by atoms with Crippen molar-refractivity contribution in [3.05, 3.63) is 28.3 Å². The number of ether oxygens (including phenoxy) is 1. The third-order valence-corrected chi connectivity index (χ3v) is 3.54. The zero-order valence-corrected chi connectivity index (χ0v) is 12.0. The van der Waals surface area contributed by atoms with Crippen LogP contribution in [-0.4, -0.2) is 18.1 Å². The normalized spacial score (nSPS) is 12.3. The Morgan fingerprint density at radius 3 is 2.47 bits per heavy atom. The summed E-state index contributed by atoms with van der Waals surface area (Å²) >= 11 is 0. The highest BCUT2D eigenvalue weighted by Crippen LogP contribution is 2.30. The third-order valence-electron chi connectivity index (χ3n) is 3.54. The summed E-state index contributed by atoms with van der Waals surface area (Å²) in [7, 11) is 1.50. The second kappa shape index (κ2) is 6.97. The Labute approximate surface area is 114 Å². The molecule has 5 heteroatoms. The first-order valence-corrected chi connectivity index (χ1v) is 6.62. The fraction of sp³-hybridized carbons (Fsp3) is 0.571. The largest absolute Gasteiger partial charge is 0.496 e. The highest BCUT2D eigenvalue weighted by Gasteiger charge is 2.19. The van der Waals surface area contributed by atoms with Crippen molar-refractivity contribution in [3.63, 3.8) is 0 Å². The Bertz CT molecular complexity index is 431. The number of nitrogens with zero attached hydrogens (tertiary/aromatic N) is 1. The first-order valence-electron chi connectivity index (χ1n) is 6.62. The van der Waals surface area contributed by atoms with Crippen LogP contribution in [0.3, 0.4) is 0 Å². The van der Waals surface area contributed by atoms with E-state index in [1.807, 2.05) is 0 Å². The van der Waals surface area contributed by atoms with E-state index < -0.39 is 0 Å². The molecule has 0 aromatic heterocycles. The van der Waals surface area contributed by atoms with Crippen LogP contribution in [0.15, 0.2) is 18.2 Å². The number of nitro groups is 1. The average Bonchev–Trinajstić information content (AvgIpc) is 2.40. The smallest absolute Gasteiger partial charge is 0.296 e. The number of hydrogen-bond donors (Lipinski definition) is 1. The molecular formula is C14H22N2O3. The minimum absolute atomic E-state index is 0.0529. The topological polar surface area (TPSA) is 64.4 Å². The Morgan fingerprint density at radius 1 is 1.37 bits per heavy atom. The Kier molecular flexibility index (Phi) is 5.60. The van der Waals surface area contributed by atoms with Gasteiger partial charge in [0.15, 0.2) is 0 Å². The van der Waals surface area contributed by atoms with Crippen molar-refractivity contribution in [1.29, 1.82) is 0 Å². The van der Waals surface area contributed by atoms with Gasteiger partial charge in [-0.3, -0.25) is 10.1 Å². The summed E-state index contributed by atoms with van der Waals surface area (Å²) in [6, 6.07) is 5.08. The van der Waals surface area contributed by atoms with E-state index in [2.05, 4.69) is 26.1 Å². The molecule has 1 rings (SSSR count). The molecule has 5 nitrogen and oxygen atoms in total. The van der Waals surface area contributed by atoms with Crippen LogP contribution in [0.5, 0.6) is 5.75 Å². The van der Waals surface area contributed by atoms with E-state index in [0.717, 1.165) is 12.8 Å². The fourth-order valence-corrected chi connectivity index (χ4v) is 2.27. The number of benzene rings is 1. The van der Waals surface area contributed by atoms with Gasteiger partial charge in [-0.1, -0.05) is 26.7 Å². The Balaban J connectivity index is 2.97.